The maximum Gasteiger partial charge on any atom is 0.279 e. The monoisotopic (exact) mass is 471 g/mol. The van der Waals surface area contributed by atoms with E-state index in [1.807, 2.05) is 36.6 Å². The van der Waals surface area contributed by atoms with E-state index in [1.54, 1.807) is 18.2 Å². The fourth-order valence-electron chi connectivity index (χ4n) is 2.84. The van der Waals surface area contributed by atoms with E-state index in [4.69, 9.17) is 22.1 Å². The number of halogens is 1. The average molecular weight is 472 g/mol. The molecule has 0 saturated carbocycles. The molecular formula is C22H18ClN3O3S2. The standard InChI is InChI=1S/C22H18ClN3O3S2/c1-14-4-2-3-5-21(14)29-22-25-20(13-30-22)18-11-8-16(12-19(18)23)26-31(27,28)17-9-6-15(24)7-10-17/h2-13,26H,24H2,1H3. The Morgan fingerprint density at radius 1 is 1.06 bits per heavy atom. The normalized spacial score (nSPS) is 11.3. The number of nitrogen functional groups attached to an aromatic ring is 1. The van der Waals surface area contributed by atoms with E-state index in [0.29, 0.717) is 32.8 Å². The van der Waals surface area contributed by atoms with Crippen LogP contribution in [0.3, 0.4) is 0 Å². The van der Waals surface area contributed by atoms with Crippen LogP contribution in [0.1, 0.15) is 5.56 Å². The second-order valence-electron chi connectivity index (χ2n) is 6.74. The number of para-hydroxylation sites is 1. The fourth-order valence-corrected chi connectivity index (χ4v) is 4.85. The van der Waals surface area contributed by atoms with Crippen molar-refractivity contribution in [3.05, 3.63) is 82.7 Å². The van der Waals surface area contributed by atoms with Gasteiger partial charge in [-0.1, -0.05) is 41.1 Å². The van der Waals surface area contributed by atoms with Gasteiger partial charge in [-0.2, -0.15) is 0 Å². The minimum Gasteiger partial charge on any atom is -0.431 e. The molecule has 0 saturated heterocycles. The number of thiazole rings is 1. The predicted octanol–water partition coefficient (Wildman–Crippen LogP) is 5.95. The second kappa shape index (κ2) is 8.58. The van der Waals surface area contributed by atoms with Gasteiger partial charge in [0.25, 0.3) is 15.2 Å². The molecule has 3 N–H and O–H groups in total. The number of nitrogens with two attached hydrogens (primary N) is 1. The van der Waals surface area contributed by atoms with Crippen LogP contribution in [0.5, 0.6) is 10.9 Å². The Morgan fingerprint density at radius 2 is 1.81 bits per heavy atom. The molecule has 4 aromatic rings. The average Bonchev–Trinajstić information content (AvgIpc) is 3.18. The smallest absolute Gasteiger partial charge is 0.279 e. The Kier molecular flexibility index (Phi) is 5.86. The van der Waals surface area contributed by atoms with Gasteiger partial charge in [0.15, 0.2) is 0 Å². The Labute approximate surface area is 189 Å². The predicted molar refractivity (Wildman–Crippen MR) is 125 cm³/mol. The third kappa shape index (κ3) is 4.82. The van der Waals surface area contributed by atoms with Crippen molar-refractivity contribution >= 4 is 44.3 Å². The molecule has 6 nitrogen and oxygen atoms in total. The first kappa shape index (κ1) is 21.2. The maximum absolute atomic E-state index is 12.6. The summed E-state index contributed by atoms with van der Waals surface area (Å²) >= 11 is 7.78. The lowest BCUT2D eigenvalue weighted by Gasteiger charge is -2.10. The van der Waals surface area contributed by atoms with Gasteiger partial charge in [0.2, 0.25) is 0 Å². The summed E-state index contributed by atoms with van der Waals surface area (Å²) in [6, 6.07) is 18.5. The Hall–Kier alpha value is -3.07. The lowest BCUT2D eigenvalue weighted by atomic mass is 10.1. The zero-order valence-electron chi connectivity index (χ0n) is 16.4. The molecule has 0 unspecified atom stereocenters. The third-order valence-electron chi connectivity index (χ3n) is 4.46. The number of hydrogen-bond acceptors (Lipinski definition) is 6. The largest absolute Gasteiger partial charge is 0.431 e. The summed E-state index contributed by atoms with van der Waals surface area (Å²) < 4.78 is 33.5. The lowest BCUT2D eigenvalue weighted by molar-refractivity contribution is 0.475. The van der Waals surface area contributed by atoms with Gasteiger partial charge in [0.1, 0.15) is 5.75 Å². The van der Waals surface area contributed by atoms with Crippen LogP contribution in [0.4, 0.5) is 11.4 Å². The van der Waals surface area contributed by atoms with Crippen molar-refractivity contribution in [2.45, 2.75) is 11.8 Å². The highest BCUT2D eigenvalue weighted by Gasteiger charge is 2.16. The number of nitrogens with one attached hydrogen (secondary N) is 1. The molecule has 0 amide bonds. The molecule has 0 aliphatic heterocycles. The molecular weight excluding hydrogens is 454 g/mol. The van der Waals surface area contributed by atoms with Crippen molar-refractivity contribution in [3.8, 4) is 22.2 Å². The lowest BCUT2D eigenvalue weighted by Crippen LogP contribution is -2.12. The van der Waals surface area contributed by atoms with Gasteiger partial charge in [-0.15, -0.1) is 0 Å². The SMILES string of the molecule is Cc1ccccc1Oc1nc(-c2ccc(NS(=O)(=O)c3ccc(N)cc3)cc2Cl)cs1. The van der Waals surface area contributed by atoms with Crippen molar-refractivity contribution < 1.29 is 13.2 Å². The molecule has 0 bridgehead atoms. The molecule has 3 aromatic carbocycles. The molecule has 0 spiro atoms. The van der Waals surface area contributed by atoms with Crippen molar-refractivity contribution in [1.82, 2.24) is 4.98 Å². The number of aryl methyl sites for hydroxylation is 1. The van der Waals surface area contributed by atoms with Crippen molar-refractivity contribution in [1.29, 1.82) is 0 Å². The van der Waals surface area contributed by atoms with Gasteiger partial charge < -0.3 is 10.5 Å². The highest BCUT2D eigenvalue weighted by atomic mass is 35.5. The number of hydrogen-bond donors (Lipinski definition) is 2. The van der Waals surface area contributed by atoms with Gasteiger partial charge in [-0.3, -0.25) is 4.72 Å². The first-order valence-electron chi connectivity index (χ1n) is 9.19. The minimum atomic E-state index is -3.76. The summed E-state index contributed by atoms with van der Waals surface area (Å²) in [6.07, 6.45) is 0. The Morgan fingerprint density at radius 3 is 2.52 bits per heavy atom. The van der Waals surface area contributed by atoms with Crippen LogP contribution in [0.15, 0.2) is 77.0 Å². The number of benzene rings is 3. The number of sulfonamides is 1. The van der Waals surface area contributed by atoms with Crippen LogP contribution < -0.4 is 15.2 Å². The zero-order valence-corrected chi connectivity index (χ0v) is 18.8. The van der Waals surface area contributed by atoms with E-state index in [2.05, 4.69) is 9.71 Å². The Balaban J connectivity index is 1.53. The molecule has 9 heteroatoms. The summed E-state index contributed by atoms with van der Waals surface area (Å²) in [5.74, 6) is 0.738. The molecule has 0 aliphatic rings. The van der Waals surface area contributed by atoms with Crippen LogP contribution in [-0.4, -0.2) is 13.4 Å². The molecule has 0 fully saturated rings. The first-order chi connectivity index (χ1) is 14.8. The molecule has 4 rings (SSSR count). The van der Waals surface area contributed by atoms with Gasteiger partial charge in [-0.25, -0.2) is 13.4 Å². The first-order valence-corrected chi connectivity index (χ1v) is 11.9. The van der Waals surface area contributed by atoms with Crippen LogP contribution in [0, 0.1) is 6.92 Å². The van der Waals surface area contributed by atoms with Crippen LogP contribution in [0.25, 0.3) is 11.3 Å². The second-order valence-corrected chi connectivity index (χ2v) is 9.65. The Bertz CT molecular complexity index is 1340. The number of aromatic nitrogens is 1. The summed E-state index contributed by atoms with van der Waals surface area (Å²) in [4.78, 5) is 4.61. The quantitative estimate of drug-likeness (QED) is 0.339. The highest BCUT2D eigenvalue weighted by Crippen LogP contribution is 2.35. The maximum atomic E-state index is 12.6. The number of rotatable bonds is 6. The van der Waals surface area contributed by atoms with E-state index in [9.17, 15) is 8.42 Å². The minimum absolute atomic E-state index is 0.111. The van der Waals surface area contributed by atoms with E-state index < -0.39 is 10.0 Å². The third-order valence-corrected chi connectivity index (χ3v) is 6.89. The highest BCUT2D eigenvalue weighted by molar-refractivity contribution is 7.92. The van der Waals surface area contributed by atoms with Gasteiger partial charge in [0.05, 0.1) is 21.3 Å². The zero-order chi connectivity index (χ0) is 22.0. The molecule has 1 aromatic heterocycles. The topological polar surface area (TPSA) is 94.3 Å². The summed E-state index contributed by atoms with van der Waals surface area (Å²) in [7, 11) is -3.76. The van der Waals surface area contributed by atoms with Crippen LogP contribution in [0.2, 0.25) is 5.02 Å². The summed E-state index contributed by atoms with van der Waals surface area (Å²) in [5, 5.41) is 2.70. The summed E-state index contributed by atoms with van der Waals surface area (Å²) in [5.41, 5.74) is 8.78. The van der Waals surface area contributed by atoms with E-state index >= 15 is 0 Å². The van der Waals surface area contributed by atoms with Crippen LogP contribution in [-0.2, 0) is 10.0 Å². The van der Waals surface area contributed by atoms with E-state index in [-0.39, 0.29) is 4.90 Å². The molecule has 31 heavy (non-hydrogen) atoms. The van der Waals surface area contributed by atoms with Crippen molar-refractivity contribution in [2.75, 3.05) is 10.5 Å². The van der Waals surface area contributed by atoms with Crippen LogP contribution >= 0.6 is 22.9 Å². The number of anilines is 2. The van der Waals surface area contributed by atoms with Gasteiger partial charge >= 0.3 is 0 Å². The summed E-state index contributed by atoms with van der Waals surface area (Å²) in [6.45, 7) is 1.96. The molecule has 0 radical (unpaired) electrons. The van der Waals surface area contributed by atoms with Crippen molar-refractivity contribution in [3.63, 3.8) is 0 Å². The van der Waals surface area contributed by atoms with Crippen molar-refractivity contribution in [2.24, 2.45) is 0 Å². The number of nitrogens with zero attached hydrogens (tertiary/aromatic N) is 1. The van der Waals surface area contributed by atoms with Gasteiger partial charge in [0, 0.05) is 16.6 Å². The molecule has 1 heterocycles. The van der Waals surface area contributed by atoms with E-state index in [0.717, 1.165) is 11.3 Å². The molecule has 0 aliphatic carbocycles. The molecule has 158 valence electrons. The molecule has 0 atom stereocenters. The van der Waals surface area contributed by atoms with Gasteiger partial charge in [-0.05, 0) is 61.0 Å². The fraction of sp³-hybridized carbons (Fsp3) is 0.0455. The number of ether oxygens (including phenoxy) is 1. The van der Waals surface area contributed by atoms with E-state index in [1.165, 1.54) is 35.6 Å².